The van der Waals surface area contributed by atoms with E-state index in [1.807, 2.05) is 6.92 Å². The average molecular weight is 305 g/mol. The van der Waals surface area contributed by atoms with E-state index in [0.717, 1.165) is 19.3 Å². The van der Waals surface area contributed by atoms with E-state index in [9.17, 15) is 20.1 Å². The van der Waals surface area contributed by atoms with Crippen LogP contribution < -0.4 is 5.32 Å². The first kappa shape index (κ1) is 18.3. The Kier molecular flexibility index (Phi) is 7.55. The molecule has 1 aliphatic rings. The number of unbranched alkanes of at least 4 members (excludes halogenated alkanes) is 1. The van der Waals surface area contributed by atoms with E-state index < -0.39 is 37.3 Å². The second-order valence-electron chi connectivity index (χ2n) is 5.52. The van der Waals surface area contributed by atoms with Gasteiger partial charge in [-0.25, -0.2) is 0 Å². The molecule has 7 heteroatoms. The molecule has 0 bridgehead atoms. The summed E-state index contributed by atoms with van der Waals surface area (Å²) in [7, 11) is 0. The number of nitrogens with one attached hydrogen (secondary N) is 1. The Hall–Kier alpha value is -0.730. The fourth-order valence-electron chi connectivity index (χ4n) is 2.38. The summed E-state index contributed by atoms with van der Waals surface area (Å²) in [5, 5.41) is 31.7. The molecule has 1 saturated heterocycles. The smallest absolute Gasteiger partial charge is 0.217 e. The third-order valence-electron chi connectivity index (χ3n) is 3.58. The summed E-state index contributed by atoms with van der Waals surface area (Å²) < 4.78 is 11.2. The van der Waals surface area contributed by atoms with Crippen LogP contribution in [0.25, 0.3) is 0 Å². The summed E-state index contributed by atoms with van der Waals surface area (Å²) in [5.41, 5.74) is 0. The Morgan fingerprint density at radius 1 is 1.38 bits per heavy atom. The molecule has 0 aliphatic carbocycles. The molecule has 1 aliphatic heterocycles. The molecule has 1 heterocycles. The Labute approximate surface area is 125 Å². The molecule has 1 fully saturated rings. The Morgan fingerprint density at radius 3 is 2.57 bits per heavy atom. The van der Waals surface area contributed by atoms with Gasteiger partial charge in [-0.3, -0.25) is 4.79 Å². The Balaban J connectivity index is 2.75. The molecule has 0 saturated carbocycles. The molecule has 1 rings (SSSR count). The lowest BCUT2D eigenvalue weighted by molar-refractivity contribution is -0.280. The van der Waals surface area contributed by atoms with Crippen molar-refractivity contribution in [2.24, 2.45) is 0 Å². The quantitative estimate of drug-likeness (QED) is 0.506. The largest absolute Gasteiger partial charge is 0.394 e. The molecule has 6 atom stereocenters. The molecule has 124 valence electrons. The van der Waals surface area contributed by atoms with Crippen molar-refractivity contribution < 1.29 is 29.6 Å². The molecule has 0 spiro atoms. The molecule has 7 nitrogen and oxygen atoms in total. The number of rotatable bonds is 7. The van der Waals surface area contributed by atoms with Gasteiger partial charge in [0, 0.05) is 6.92 Å². The second-order valence-corrected chi connectivity index (χ2v) is 5.52. The van der Waals surface area contributed by atoms with E-state index in [2.05, 4.69) is 12.2 Å². The number of aliphatic hydroxyl groups excluding tert-OH is 3. The highest BCUT2D eigenvalue weighted by molar-refractivity contribution is 5.73. The zero-order chi connectivity index (χ0) is 16.0. The number of hydrogen-bond donors (Lipinski definition) is 4. The van der Waals surface area contributed by atoms with Crippen LogP contribution >= 0.6 is 0 Å². The van der Waals surface area contributed by atoms with Crippen LogP contribution in [-0.2, 0) is 14.3 Å². The van der Waals surface area contributed by atoms with Gasteiger partial charge >= 0.3 is 0 Å². The molecule has 1 amide bonds. The van der Waals surface area contributed by atoms with Crippen LogP contribution in [0.2, 0.25) is 0 Å². The minimum atomic E-state index is -1.28. The van der Waals surface area contributed by atoms with Crippen LogP contribution in [0.3, 0.4) is 0 Å². The van der Waals surface area contributed by atoms with Crippen molar-refractivity contribution in [2.45, 2.75) is 76.8 Å². The van der Waals surface area contributed by atoms with Gasteiger partial charge < -0.3 is 30.1 Å². The van der Waals surface area contributed by atoms with Gasteiger partial charge in [0.25, 0.3) is 0 Å². The van der Waals surface area contributed by atoms with Crippen LogP contribution in [0.1, 0.15) is 40.0 Å². The number of aliphatic hydroxyl groups is 3. The fraction of sp³-hybridized carbons (Fsp3) is 0.929. The Morgan fingerprint density at radius 2 is 2.05 bits per heavy atom. The summed E-state index contributed by atoms with van der Waals surface area (Å²) in [6.45, 7) is 4.84. The van der Waals surface area contributed by atoms with Crippen molar-refractivity contribution in [3.63, 3.8) is 0 Å². The molecule has 21 heavy (non-hydrogen) atoms. The first-order chi connectivity index (χ1) is 9.90. The fourth-order valence-corrected chi connectivity index (χ4v) is 2.38. The first-order valence-electron chi connectivity index (χ1n) is 7.45. The van der Waals surface area contributed by atoms with Crippen LogP contribution in [0.4, 0.5) is 0 Å². The summed E-state index contributed by atoms with van der Waals surface area (Å²) in [4.78, 5) is 11.3. The van der Waals surface area contributed by atoms with E-state index >= 15 is 0 Å². The SMILES string of the molecule is CCCCC(C)OC1OC(CO)C(O)C(O)C1NC(C)=O. The maximum atomic E-state index is 11.3. The maximum absolute atomic E-state index is 11.3. The maximum Gasteiger partial charge on any atom is 0.217 e. The summed E-state index contributed by atoms with van der Waals surface area (Å²) >= 11 is 0. The highest BCUT2D eigenvalue weighted by Gasteiger charge is 2.45. The number of carbonyl (C=O) groups is 1. The lowest BCUT2D eigenvalue weighted by atomic mass is 9.97. The third kappa shape index (κ3) is 5.19. The third-order valence-corrected chi connectivity index (χ3v) is 3.58. The second kappa shape index (κ2) is 8.65. The molecular weight excluding hydrogens is 278 g/mol. The van der Waals surface area contributed by atoms with Gasteiger partial charge in [-0.05, 0) is 13.3 Å². The summed E-state index contributed by atoms with van der Waals surface area (Å²) in [6.07, 6.45) is -1.65. The first-order valence-corrected chi connectivity index (χ1v) is 7.45. The van der Waals surface area contributed by atoms with Crippen LogP contribution in [0, 0.1) is 0 Å². The van der Waals surface area contributed by atoms with Gasteiger partial charge in [-0.15, -0.1) is 0 Å². The van der Waals surface area contributed by atoms with E-state index in [4.69, 9.17) is 9.47 Å². The number of hydrogen-bond acceptors (Lipinski definition) is 6. The predicted octanol–water partition coefficient (Wildman–Crippen LogP) is -0.475. The predicted molar refractivity (Wildman–Crippen MR) is 75.4 cm³/mol. The van der Waals surface area contributed by atoms with E-state index in [-0.39, 0.29) is 12.0 Å². The van der Waals surface area contributed by atoms with Gasteiger partial charge in [-0.2, -0.15) is 0 Å². The van der Waals surface area contributed by atoms with Gasteiger partial charge in [0.15, 0.2) is 6.29 Å². The van der Waals surface area contributed by atoms with Crippen molar-refractivity contribution >= 4 is 5.91 Å². The van der Waals surface area contributed by atoms with Crippen molar-refractivity contribution in [1.82, 2.24) is 5.32 Å². The zero-order valence-electron chi connectivity index (χ0n) is 12.9. The van der Waals surface area contributed by atoms with Crippen molar-refractivity contribution in [3.8, 4) is 0 Å². The minimum Gasteiger partial charge on any atom is -0.394 e. The molecule has 0 aromatic rings. The monoisotopic (exact) mass is 305 g/mol. The summed E-state index contributed by atoms with van der Waals surface area (Å²) in [6, 6.07) is -0.871. The van der Waals surface area contributed by atoms with Crippen LogP contribution in [0.5, 0.6) is 0 Å². The number of amides is 1. The lowest BCUT2D eigenvalue weighted by Crippen LogP contribution is -2.64. The molecule has 4 N–H and O–H groups in total. The van der Waals surface area contributed by atoms with Gasteiger partial charge in [0.2, 0.25) is 5.91 Å². The average Bonchev–Trinajstić information content (AvgIpc) is 2.44. The van der Waals surface area contributed by atoms with E-state index in [1.54, 1.807) is 0 Å². The van der Waals surface area contributed by atoms with Gasteiger partial charge in [0.05, 0.1) is 12.7 Å². The van der Waals surface area contributed by atoms with E-state index in [0.29, 0.717) is 0 Å². The minimum absolute atomic E-state index is 0.118. The lowest BCUT2D eigenvalue weighted by Gasteiger charge is -2.43. The topological polar surface area (TPSA) is 108 Å². The van der Waals surface area contributed by atoms with Crippen LogP contribution in [-0.4, -0.2) is 64.6 Å². The number of ether oxygens (including phenoxy) is 2. The standard InChI is InChI=1S/C14H27NO6/c1-4-5-6-8(2)20-14-11(15-9(3)17)13(19)12(18)10(7-16)21-14/h8,10-14,16,18-19H,4-7H2,1-3H3,(H,15,17). The zero-order valence-corrected chi connectivity index (χ0v) is 12.9. The highest BCUT2D eigenvalue weighted by Crippen LogP contribution is 2.24. The van der Waals surface area contributed by atoms with Crippen LogP contribution in [0.15, 0.2) is 0 Å². The summed E-state index contributed by atoms with van der Waals surface area (Å²) in [5.74, 6) is -0.355. The molecule has 0 aromatic carbocycles. The molecule has 0 radical (unpaired) electrons. The molecule has 6 unspecified atom stereocenters. The van der Waals surface area contributed by atoms with Crippen molar-refractivity contribution in [2.75, 3.05) is 6.61 Å². The van der Waals surface area contributed by atoms with Gasteiger partial charge in [-0.1, -0.05) is 19.8 Å². The Bertz CT molecular complexity index is 327. The van der Waals surface area contributed by atoms with Crippen molar-refractivity contribution in [1.29, 1.82) is 0 Å². The normalized spacial score (nSPS) is 34.5. The van der Waals surface area contributed by atoms with E-state index in [1.165, 1.54) is 6.92 Å². The van der Waals surface area contributed by atoms with Gasteiger partial charge in [0.1, 0.15) is 24.4 Å². The molecular formula is C14H27NO6. The number of carbonyl (C=O) groups excluding carboxylic acids is 1. The molecule has 0 aromatic heterocycles. The van der Waals surface area contributed by atoms with Crippen molar-refractivity contribution in [3.05, 3.63) is 0 Å². The highest BCUT2D eigenvalue weighted by atomic mass is 16.7.